The smallest absolute Gasteiger partial charge is 0.253 e. The molecule has 0 radical (unpaired) electrons. The first-order valence-electron chi connectivity index (χ1n) is 9.42. The van der Waals surface area contributed by atoms with Crippen molar-refractivity contribution in [3.63, 3.8) is 0 Å². The fourth-order valence-corrected chi connectivity index (χ4v) is 3.43. The van der Waals surface area contributed by atoms with Crippen LogP contribution in [0.4, 0.5) is 4.39 Å². The molecule has 0 aliphatic heterocycles. The van der Waals surface area contributed by atoms with Gasteiger partial charge < -0.3 is 14.6 Å². The van der Waals surface area contributed by atoms with Crippen molar-refractivity contribution in [3.05, 3.63) is 106 Å². The van der Waals surface area contributed by atoms with Crippen LogP contribution in [-0.4, -0.2) is 20.4 Å². The Bertz CT molecular complexity index is 1190. The Morgan fingerprint density at radius 3 is 2.58 bits per heavy atom. The van der Waals surface area contributed by atoms with Crippen LogP contribution in [0.1, 0.15) is 27.8 Å². The molecular formula is C23H18BrFN4O2. The summed E-state index contributed by atoms with van der Waals surface area (Å²) in [4.78, 5) is 21.5. The van der Waals surface area contributed by atoms with Gasteiger partial charge in [-0.15, -0.1) is 0 Å². The monoisotopic (exact) mass is 480 g/mol. The molecule has 0 bridgehead atoms. The van der Waals surface area contributed by atoms with Gasteiger partial charge in [-0.25, -0.2) is 14.4 Å². The second-order valence-corrected chi connectivity index (χ2v) is 7.71. The molecule has 4 rings (SSSR count). The third-order valence-corrected chi connectivity index (χ3v) is 5.11. The highest BCUT2D eigenvalue weighted by molar-refractivity contribution is 9.10. The van der Waals surface area contributed by atoms with E-state index < -0.39 is 6.04 Å². The quantitative estimate of drug-likeness (QED) is 0.420. The van der Waals surface area contributed by atoms with Gasteiger partial charge in [0.15, 0.2) is 0 Å². The first-order valence-corrected chi connectivity index (χ1v) is 10.2. The summed E-state index contributed by atoms with van der Waals surface area (Å²) in [5.41, 5.74) is 1.08. The molecule has 4 aromatic rings. The van der Waals surface area contributed by atoms with Crippen LogP contribution in [0.5, 0.6) is 11.6 Å². The highest BCUT2D eigenvalue weighted by atomic mass is 79.9. The van der Waals surface area contributed by atoms with Crippen molar-refractivity contribution in [2.75, 3.05) is 0 Å². The predicted molar refractivity (Wildman–Crippen MR) is 117 cm³/mol. The Balaban J connectivity index is 1.53. The van der Waals surface area contributed by atoms with Crippen molar-refractivity contribution in [1.82, 2.24) is 19.9 Å². The zero-order valence-electron chi connectivity index (χ0n) is 16.5. The lowest BCUT2D eigenvalue weighted by Crippen LogP contribution is -2.31. The molecule has 0 saturated heterocycles. The molecule has 0 aliphatic rings. The fourth-order valence-electron chi connectivity index (χ4n) is 3.05. The van der Waals surface area contributed by atoms with Gasteiger partial charge in [-0.1, -0.05) is 34.1 Å². The SMILES string of the molecule is Cn1ccnc1C(NC(=O)c1ccc(Oc2cccc(Br)c2)nc1)c1ccc(F)cc1. The van der Waals surface area contributed by atoms with E-state index in [1.807, 2.05) is 35.9 Å². The zero-order valence-corrected chi connectivity index (χ0v) is 18.1. The van der Waals surface area contributed by atoms with E-state index in [0.717, 1.165) is 4.47 Å². The Labute approximate surface area is 186 Å². The van der Waals surface area contributed by atoms with Crippen LogP contribution >= 0.6 is 15.9 Å². The van der Waals surface area contributed by atoms with Crippen molar-refractivity contribution in [2.45, 2.75) is 6.04 Å². The standard InChI is InChI=1S/C23H18BrFN4O2/c1-29-12-11-26-22(29)21(15-5-8-18(25)9-6-15)28-23(30)16-7-10-20(27-14-16)31-19-4-2-3-17(24)13-19/h2-14,21H,1H3,(H,28,30). The lowest BCUT2D eigenvalue weighted by molar-refractivity contribution is 0.0940. The summed E-state index contributed by atoms with van der Waals surface area (Å²) < 4.78 is 21.8. The molecule has 1 N–H and O–H groups in total. The van der Waals surface area contributed by atoms with Crippen molar-refractivity contribution >= 4 is 21.8 Å². The van der Waals surface area contributed by atoms with E-state index in [2.05, 4.69) is 31.2 Å². The minimum Gasteiger partial charge on any atom is -0.439 e. The molecule has 1 amide bonds. The number of hydrogen-bond acceptors (Lipinski definition) is 4. The summed E-state index contributed by atoms with van der Waals surface area (Å²) >= 11 is 3.39. The third-order valence-electron chi connectivity index (χ3n) is 4.61. The number of carbonyl (C=O) groups excluding carboxylic acids is 1. The number of halogens is 2. The second kappa shape index (κ2) is 9.09. The van der Waals surface area contributed by atoms with Crippen LogP contribution in [0.15, 0.2) is 83.7 Å². The maximum atomic E-state index is 13.4. The van der Waals surface area contributed by atoms with Gasteiger partial charge in [-0.2, -0.15) is 0 Å². The highest BCUT2D eigenvalue weighted by Crippen LogP contribution is 2.24. The summed E-state index contributed by atoms with van der Waals surface area (Å²) in [6.45, 7) is 0. The summed E-state index contributed by atoms with van der Waals surface area (Å²) in [7, 11) is 1.83. The number of nitrogens with zero attached hydrogens (tertiary/aromatic N) is 3. The maximum Gasteiger partial charge on any atom is 0.253 e. The number of imidazole rings is 1. The van der Waals surface area contributed by atoms with E-state index in [1.54, 1.807) is 36.7 Å². The number of carbonyl (C=O) groups is 1. The number of pyridine rings is 1. The van der Waals surface area contributed by atoms with Gasteiger partial charge in [-0.3, -0.25) is 4.79 Å². The lowest BCUT2D eigenvalue weighted by atomic mass is 10.1. The number of aromatic nitrogens is 3. The highest BCUT2D eigenvalue weighted by Gasteiger charge is 2.21. The Hall–Kier alpha value is -3.52. The molecule has 0 saturated carbocycles. The molecule has 0 fully saturated rings. The molecular weight excluding hydrogens is 463 g/mol. The van der Waals surface area contributed by atoms with E-state index in [1.165, 1.54) is 18.3 Å². The van der Waals surface area contributed by atoms with Crippen molar-refractivity contribution in [3.8, 4) is 11.6 Å². The third kappa shape index (κ3) is 4.97. The van der Waals surface area contributed by atoms with Crippen LogP contribution in [0.3, 0.4) is 0 Å². The molecule has 8 heteroatoms. The Morgan fingerprint density at radius 1 is 1.13 bits per heavy atom. The molecule has 2 heterocycles. The lowest BCUT2D eigenvalue weighted by Gasteiger charge is -2.19. The average Bonchev–Trinajstić information content (AvgIpc) is 3.19. The topological polar surface area (TPSA) is 69.0 Å². The molecule has 0 aliphatic carbocycles. The summed E-state index contributed by atoms with van der Waals surface area (Å²) in [5, 5.41) is 2.96. The molecule has 156 valence electrons. The van der Waals surface area contributed by atoms with Crippen LogP contribution in [0.2, 0.25) is 0 Å². The number of nitrogens with one attached hydrogen (secondary N) is 1. The Morgan fingerprint density at radius 2 is 1.94 bits per heavy atom. The van der Waals surface area contributed by atoms with Crippen LogP contribution in [0, 0.1) is 5.82 Å². The van der Waals surface area contributed by atoms with E-state index in [-0.39, 0.29) is 11.7 Å². The number of hydrogen-bond donors (Lipinski definition) is 1. The van der Waals surface area contributed by atoms with E-state index in [9.17, 15) is 9.18 Å². The van der Waals surface area contributed by atoms with Crippen molar-refractivity contribution in [1.29, 1.82) is 0 Å². The molecule has 0 spiro atoms. The number of aryl methyl sites for hydroxylation is 1. The van der Waals surface area contributed by atoms with Crippen molar-refractivity contribution in [2.24, 2.45) is 7.05 Å². The molecule has 2 aromatic heterocycles. The summed E-state index contributed by atoms with van der Waals surface area (Å²) in [6, 6.07) is 16.1. The largest absolute Gasteiger partial charge is 0.439 e. The summed E-state index contributed by atoms with van der Waals surface area (Å²) in [6.07, 6.45) is 4.88. The van der Waals surface area contributed by atoms with E-state index in [0.29, 0.717) is 28.6 Å². The predicted octanol–water partition coefficient (Wildman–Crippen LogP) is 5.03. The first kappa shape index (κ1) is 20.7. The minimum absolute atomic E-state index is 0.334. The maximum absolute atomic E-state index is 13.4. The van der Waals surface area contributed by atoms with Crippen molar-refractivity contribution < 1.29 is 13.9 Å². The molecule has 31 heavy (non-hydrogen) atoms. The molecule has 6 nitrogen and oxygen atoms in total. The van der Waals surface area contributed by atoms with Gasteiger partial charge in [0, 0.05) is 36.2 Å². The van der Waals surface area contributed by atoms with E-state index in [4.69, 9.17) is 4.74 Å². The fraction of sp³-hybridized carbons (Fsp3) is 0.0870. The van der Waals surface area contributed by atoms with Crippen LogP contribution in [-0.2, 0) is 7.05 Å². The number of ether oxygens (including phenoxy) is 1. The van der Waals surface area contributed by atoms with Gasteiger partial charge in [0.2, 0.25) is 5.88 Å². The van der Waals surface area contributed by atoms with Gasteiger partial charge >= 0.3 is 0 Å². The average molecular weight is 481 g/mol. The molecule has 2 aromatic carbocycles. The number of benzene rings is 2. The van der Waals surface area contributed by atoms with Crippen LogP contribution in [0.25, 0.3) is 0 Å². The van der Waals surface area contributed by atoms with Gasteiger partial charge in [0.05, 0.1) is 5.56 Å². The normalized spacial score (nSPS) is 11.7. The second-order valence-electron chi connectivity index (χ2n) is 6.80. The van der Waals surface area contributed by atoms with E-state index >= 15 is 0 Å². The van der Waals surface area contributed by atoms with Crippen LogP contribution < -0.4 is 10.1 Å². The zero-order chi connectivity index (χ0) is 21.8. The molecule has 1 atom stereocenters. The van der Waals surface area contributed by atoms with Gasteiger partial charge in [0.1, 0.15) is 23.4 Å². The Kier molecular flexibility index (Phi) is 6.08. The summed E-state index contributed by atoms with van der Waals surface area (Å²) in [5.74, 6) is 0.944. The molecule has 1 unspecified atom stereocenters. The number of amides is 1. The first-order chi connectivity index (χ1) is 15.0. The minimum atomic E-state index is -0.550. The van der Waals surface area contributed by atoms with Gasteiger partial charge in [-0.05, 0) is 42.0 Å². The number of rotatable bonds is 6. The van der Waals surface area contributed by atoms with Gasteiger partial charge in [0.25, 0.3) is 5.91 Å².